The minimum Gasteiger partial charge on any atom is -0.340 e. The first-order chi connectivity index (χ1) is 7.97. The molecule has 17 heavy (non-hydrogen) atoms. The van der Waals surface area contributed by atoms with Crippen molar-refractivity contribution in [2.75, 3.05) is 25.9 Å². The molecule has 96 valence electrons. The highest BCUT2D eigenvalue weighted by atomic mass is 32.2. The average Bonchev–Trinajstić information content (AvgIpc) is 2.53. The summed E-state index contributed by atoms with van der Waals surface area (Å²) in [4.78, 5) is 4.05. The van der Waals surface area contributed by atoms with Crippen LogP contribution in [-0.2, 0) is 16.4 Å². The fraction of sp³-hybridized carbons (Fsp3) is 0.778. The Balaban J connectivity index is 1.98. The van der Waals surface area contributed by atoms with Crippen LogP contribution in [0.1, 0.15) is 11.7 Å². The number of hydrogen-bond donors (Lipinski definition) is 1. The molecule has 1 saturated heterocycles. The van der Waals surface area contributed by atoms with Crippen LogP contribution in [-0.4, -0.2) is 54.8 Å². The molecule has 0 amide bonds. The van der Waals surface area contributed by atoms with Gasteiger partial charge in [0.05, 0.1) is 6.26 Å². The van der Waals surface area contributed by atoms with Gasteiger partial charge in [-0.2, -0.15) is 9.29 Å². The SMILES string of the molecule is Cc1nc(CCN(C2CNC2)S(C)(=O)=O)no1. The van der Waals surface area contributed by atoms with E-state index in [4.69, 9.17) is 4.52 Å². The molecule has 0 saturated carbocycles. The van der Waals surface area contributed by atoms with E-state index in [0.29, 0.717) is 37.8 Å². The van der Waals surface area contributed by atoms with Crippen molar-refractivity contribution in [2.45, 2.75) is 19.4 Å². The highest BCUT2D eigenvalue weighted by Gasteiger charge is 2.30. The second kappa shape index (κ2) is 4.71. The molecule has 1 aliphatic heterocycles. The summed E-state index contributed by atoms with van der Waals surface area (Å²) >= 11 is 0. The van der Waals surface area contributed by atoms with Crippen LogP contribution < -0.4 is 5.32 Å². The van der Waals surface area contributed by atoms with E-state index in [9.17, 15) is 8.42 Å². The lowest BCUT2D eigenvalue weighted by atomic mass is 10.2. The lowest BCUT2D eigenvalue weighted by Gasteiger charge is -2.36. The summed E-state index contributed by atoms with van der Waals surface area (Å²) in [6.45, 7) is 3.52. The van der Waals surface area contributed by atoms with Gasteiger partial charge in [0.15, 0.2) is 5.82 Å². The zero-order valence-corrected chi connectivity index (χ0v) is 10.7. The van der Waals surface area contributed by atoms with Crippen molar-refractivity contribution in [3.63, 3.8) is 0 Å². The van der Waals surface area contributed by atoms with E-state index in [1.54, 1.807) is 6.92 Å². The predicted molar refractivity (Wildman–Crippen MR) is 60.9 cm³/mol. The van der Waals surface area contributed by atoms with Gasteiger partial charge >= 0.3 is 0 Å². The molecular weight excluding hydrogens is 244 g/mol. The molecule has 2 heterocycles. The molecule has 1 fully saturated rings. The molecule has 1 aliphatic rings. The number of nitrogens with zero attached hydrogens (tertiary/aromatic N) is 3. The Morgan fingerprint density at radius 3 is 2.65 bits per heavy atom. The van der Waals surface area contributed by atoms with Gasteiger partial charge in [0.1, 0.15) is 0 Å². The number of aromatic nitrogens is 2. The first kappa shape index (κ1) is 12.5. The van der Waals surface area contributed by atoms with Crippen LogP contribution in [0, 0.1) is 6.92 Å². The monoisotopic (exact) mass is 260 g/mol. The Kier molecular flexibility index (Phi) is 3.45. The third kappa shape index (κ3) is 3.02. The molecule has 0 bridgehead atoms. The highest BCUT2D eigenvalue weighted by molar-refractivity contribution is 7.88. The molecule has 2 rings (SSSR count). The Bertz CT molecular complexity index is 480. The fourth-order valence-electron chi connectivity index (χ4n) is 1.75. The van der Waals surface area contributed by atoms with Gasteiger partial charge in [0, 0.05) is 39.0 Å². The summed E-state index contributed by atoms with van der Waals surface area (Å²) in [5.74, 6) is 1.04. The van der Waals surface area contributed by atoms with Gasteiger partial charge in [-0.15, -0.1) is 0 Å². The van der Waals surface area contributed by atoms with Gasteiger partial charge < -0.3 is 9.84 Å². The molecule has 0 radical (unpaired) electrons. The van der Waals surface area contributed by atoms with Crippen LogP contribution >= 0.6 is 0 Å². The Morgan fingerprint density at radius 2 is 2.24 bits per heavy atom. The van der Waals surface area contributed by atoms with Crippen LogP contribution in [0.25, 0.3) is 0 Å². The van der Waals surface area contributed by atoms with E-state index in [2.05, 4.69) is 15.5 Å². The summed E-state index contributed by atoms with van der Waals surface area (Å²) in [6, 6.07) is 0.0537. The van der Waals surface area contributed by atoms with E-state index < -0.39 is 10.0 Å². The van der Waals surface area contributed by atoms with Crippen molar-refractivity contribution < 1.29 is 12.9 Å². The quantitative estimate of drug-likeness (QED) is 0.742. The maximum atomic E-state index is 11.6. The number of hydrogen-bond acceptors (Lipinski definition) is 6. The van der Waals surface area contributed by atoms with Crippen LogP contribution in [0.3, 0.4) is 0 Å². The van der Waals surface area contributed by atoms with Gasteiger partial charge in [-0.25, -0.2) is 8.42 Å². The van der Waals surface area contributed by atoms with Crippen molar-refractivity contribution in [1.29, 1.82) is 0 Å². The Morgan fingerprint density at radius 1 is 1.53 bits per heavy atom. The summed E-state index contributed by atoms with van der Waals surface area (Å²) in [6.07, 6.45) is 1.70. The van der Waals surface area contributed by atoms with E-state index >= 15 is 0 Å². The highest BCUT2D eigenvalue weighted by Crippen LogP contribution is 2.11. The molecule has 1 N–H and O–H groups in total. The minimum absolute atomic E-state index is 0.0537. The van der Waals surface area contributed by atoms with E-state index in [1.165, 1.54) is 10.6 Å². The average molecular weight is 260 g/mol. The maximum absolute atomic E-state index is 11.6. The van der Waals surface area contributed by atoms with Gasteiger partial charge in [-0.1, -0.05) is 5.16 Å². The summed E-state index contributed by atoms with van der Waals surface area (Å²) in [5.41, 5.74) is 0. The predicted octanol–water partition coefficient (Wildman–Crippen LogP) is -0.846. The normalized spacial score (nSPS) is 17.4. The maximum Gasteiger partial charge on any atom is 0.223 e. The third-order valence-electron chi connectivity index (χ3n) is 2.72. The largest absolute Gasteiger partial charge is 0.340 e. The van der Waals surface area contributed by atoms with Crippen LogP contribution in [0.4, 0.5) is 0 Å². The zero-order valence-electron chi connectivity index (χ0n) is 9.88. The molecule has 8 heteroatoms. The van der Waals surface area contributed by atoms with Gasteiger partial charge in [0.2, 0.25) is 15.9 Å². The first-order valence-electron chi connectivity index (χ1n) is 5.43. The second-order valence-electron chi connectivity index (χ2n) is 4.17. The molecule has 0 aromatic carbocycles. The molecule has 1 aromatic rings. The zero-order chi connectivity index (χ0) is 12.5. The molecule has 0 atom stereocenters. The molecule has 0 spiro atoms. The standard InChI is InChI=1S/C9H16N4O3S/c1-7-11-9(12-16-7)3-4-13(17(2,14)15)8-5-10-6-8/h8,10H,3-6H2,1-2H3. The van der Waals surface area contributed by atoms with Crippen molar-refractivity contribution in [3.8, 4) is 0 Å². The molecule has 0 unspecified atom stereocenters. The molecule has 7 nitrogen and oxygen atoms in total. The third-order valence-corrected chi connectivity index (χ3v) is 4.05. The lowest BCUT2D eigenvalue weighted by Crippen LogP contribution is -2.59. The Hall–Kier alpha value is -0.990. The topological polar surface area (TPSA) is 88.3 Å². The molecule has 1 aromatic heterocycles. The smallest absolute Gasteiger partial charge is 0.223 e. The van der Waals surface area contributed by atoms with E-state index in [-0.39, 0.29) is 6.04 Å². The van der Waals surface area contributed by atoms with Gasteiger partial charge in [-0.3, -0.25) is 0 Å². The second-order valence-corrected chi connectivity index (χ2v) is 6.10. The van der Waals surface area contributed by atoms with Crippen LogP contribution in [0.5, 0.6) is 0 Å². The molecule has 0 aliphatic carbocycles. The number of aryl methyl sites for hydroxylation is 1. The summed E-state index contributed by atoms with van der Waals surface area (Å²) < 4.78 is 29.6. The fourth-order valence-corrected chi connectivity index (χ4v) is 2.86. The van der Waals surface area contributed by atoms with Crippen molar-refractivity contribution >= 4 is 10.0 Å². The summed E-state index contributed by atoms with van der Waals surface area (Å²) in [7, 11) is -3.18. The van der Waals surface area contributed by atoms with Crippen LogP contribution in [0.15, 0.2) is 4.52 Å². The van der Waals surface area contributed by atoms with Crippen molar-refractivity contribution in [1.82, 2.24) is 19.8 Å². The van der Waals surface area contributed by atoms with Crippen LogP contribution in [0.2, 0.25) is 0 Å². The van der Waals surface area contributed by atoms with Crippen molar-refractivity contribution in [2.24, 2.45) is 0 Å². The molecular formula is C9H16N4O3S. The van der Waals surface area contributed by atoms with Gasteiger partial charge in [0.25, 0.3) is 0 Å². The summed E-state index contributed by atoms with van der Waals surface area (Å²) in [5, 5.41) is 6.81. The number of nitrogens with one attached hydrogen (secondary N) is 1. The Labute approximate surface area is 100 Å². The lowest BCUT2D eigenvalue weighted by molar-refractivity contribution is 0.243. The van der Waals surface area contributed by atoms with Gasteiger partial charge in [-0.05, 0) is 0 Å². The number of rotatable bonds is 5. The minimum atomic E-state index is -3.18. The van der Waals surface area contributed by atoms with E-state index in [1.807, 2.05) is 0 Å². The van der Waals surface area contributed by atoms with Crippen molar-refractivity contribution in [3.05, 3.63) is 11.7 Å². The first-order valence-corrected chi connectivity index (χ1v) is 7.28. The van der Waals surface area contributed by atoms with E-state index in [0.717, 1.165) is 0 Å². The number of sulfonamides is 1.